The Morgan fingerprint density at radius 3 is 2.24 bits per heavy atom. The van der Waals surface area contributed by atoms with Crippen LogP contribution in [0.4, 0.5) is 11.5 Å². The molecule has 0 amide bonds. The number of phenolic OH excluding ortho intramolecular Hbond substituents is 2. The fourth-order valence-electron chi connectivity index (χ4n) is 1.14. The van der Waals surface area contributed by atoms with Crippen LogP contribution in [0.2, 0.25) is 0 Å². The average molecular weight is 239 g/mol. The molecule has 82 valence electrons. The van der Waals surface area contributed by atoms with Crippen LogP contribution in [0, 0.1) is 0 Å². The van der Waals surface area contributed by atoms with Crippen molar-refractivity contribution in [1.29, 1.82) is 0 Å². The number of aromatic nitrogens is 1. The van der Waals surface area contributed by atoms with Crippen molar-refractivity contribution in [2.45, 2.75) is 0 Å². The van der Waals surface area contributed by atoms with E-state index >= 15 is 0 Å². The summed E-state index contributed by atoms with van der Waals surface area (Å²) in [5, 5.41) is 26.4. The molecule has 0 aliphatic heterocycles. The topological polar surface area (TPSA) is 78.1 Å². The van der Waals surface area contributed by atoms with Gasteiger partial charge in [-0.05, 0) is 24.3 Å². The molecular formula is C11H10N3NaO2. The molecule has 2 aromatic rings. The molecule has 6 heteroatoms. The van der Waals surface area contributed by atoms with Crippen molar-refractivity contribution in [2.24, 2.45) is 10.2 Å². The summed E-state index contributed by atoms with van der Waals surface area (Å²) in [6.07, 6.45) is 1.58. The molecule has 0 aliphatic carbocycles. The first-order valence-corrected chi connectivity index (χ1v) is 4.61. The minimum Gasteiger partial charge on any atom is -1.00 e. The number of benzene rings is 1. The minimum atomic E-state index is -0.125. The summed E-state index contributed by atoms with van der Waals surface area (Å²) in [5.41, 5.74) is 0.0353. The van der Waals surface area contributed by atoms with Gasteiger partial charge >= 0.3 is 29.6 Å². The molecule has 2 rings (SSSR count). The number of pyridine rings is 1. The van der Waals surface area contributed by atoms with E-state index in [1.165, 1.54) is 18.2 Å². The molecule has 0 bridgehead atoms. The monoisotopic (exact) mass is 239 g/mol. The third kappa shape index (κ3) is 3.52. The van der Waals surface area contributed by atoms with E-state index in [0.29, 0.717) is 5.82 Å². The molecule has 0 unspecified atom stereocenters. The van der Waals surface area contributed by atoms with Crippen LogP contribution in [-0.2, 0) is 0 Å². The smallest absolute Gasteiger partial charge is 1.00 e. The zero-order chi connectivity index (χ0) is 11.4. The van der Waals surface area contributed by atoms with Gasteiger partial charge in [0.2, 0.25) is 0 Å². The predicted octanol–water partition coefficient (Wildman–Crippen LogP) is 0.0247. The van der Waals surface area contributed by atoms with Crippen molar-refractivity contribution in [1.82, 2.24) is 4.98 Å². The molecule has 0 aliphatic rings. The van der Waals surface area contributed by atoms with Gasteiger partial charge < -0.3 is 11.6 Å². The summed E-state index contributed by atoms with van der Waals surface area (Å²) < 4.78 is 0. The number of phenols is 2. The number of hydrogen-bond donors (Lipinski definition) is 2. The number of rotatable bonds is 2. The number of aromatic hydroxyl groups is 2. The fourth-order valence-corrected chi connectivity index (χ4v) is 1.14. The molecule has 0 saturated heterocycles. The van der Waals surface area contributed by atoms with Gasteiger partial charge in [-0.25, -0.2) is 4.98 Å². The van der Waals surface area contributed by atoms with Gasteiger partial charge in [-0.3, -0.25) is 0 Å². The summed E-state index contributed by atoms with van der Waals surface area (Å²) in [6, 6.07) is 9.56. The third-order valence-electron chi connectivity index (χ3n) is 1.90. The molecule has 5 nitrogen and oxygen atoms in total. The van der Waals surface area contributed by atoms with Crippen LogP contribution in [0.5, 0.6) is 11.5 Å². The summed E-state index contributed by atoms with van der Waals surface area (Å²) in [6.45, 7) is 0. The first kappa shape index (κ1) is 13.6. The quantitative estimate of drug-likeness (QED) is 0.573. The molecule has 2 N–H and O–H groups in total. The summed E-state index contributed by atoms with van der Waals surface area (Å²) in [7, 11) is 0. The van der Waals surface area contributed by atoms with Gasteiger partial charge in [0.1, 0.15) is 11.5 Å². The van der Waals surface area contributed by atoms with Gasteiger partial charge in [-0.1, -0.05) is 12.1 Å². The second kappa shape index (κ2) is 6.34. The van der Waals surface area contributed by atoms with E-state index in [-0.39, 0.29) is 48.2 Å². The molecule has 17 heavy (non-hydrogen) atoms. The Hall–Kier alpha value is -1.43. The van der Waals surface area contributed by atoms with E-state index < -0.39 is 0 Å². The SMILES string of the molecule is Oc1cccc(O)c1N=Nc1ccccn1.[H-].[Na+]. The number of azo groups is 1. The van der Waals surface area contributed by atoms with Crippen LogP contribution < -0.4 is 29.6 Å². The molecule has 1 aromatic carbocycles. The van der Waals surface area contributed by atoms with E-state index in [1.807, 2.05) is 0 Å². The molecular weight excluding hydrogens is 229 g/mol. The van der Waals surface area contributed by atoms with E-state index in [0.717, 1.165) is 0 Å². The Morgan fingerprint density at radius 1 is 0.941 bits per heavy atom. The largest absolute Gasteiger partial charge is 1.00 e. The predicted molar refractivity (Wildman–Crippen MR) is 59.3 cm³/mol. The summed E-state index contributed by atoms with van der Waals surface area (Å²) >= 11 is 0. The first-order valence-electron chi connectivity index (χ1n) is 4.61. The second-order valence-electron chi connectivity index (χ2n) is 3.03. The number of hydrogen-bond acceptors (Lipinski definition) is 5. The average Bonchev–Trinajstić information content (AvgIpc) is 2.30. The number of nitrogens with zero attached hydrogens (tertiary/aromatic N) is 3. The maximum absolute atomic E-state index is 9.44. The summed E-state index contributed by atoms with van der Waals surface area (Å²) in [5.74, 6) is 0.157. The van der Waals surface area contributed by atoms with Crippen molar-refractivity contribution in [2.75, 3.05) is 0 Å². The van der Waals surface area contributed by atoms with Gasteiger partial charge in [-0.2, -0.15) is 0 Å². The van der Waals surface area contributed by atoms with Crippen LogP contribution in [0.15, 0.2) is 52.8 Å². The van der Waals surface area contributed by atoms with Crippen LogP contribution in [0.1, 0.15) is 1.43 Å². The fraction of sp³-hybridized carbons (Fsp3) is 0. The van der Waals surface area contributed by atoms with Crippen LogP contribution in [0.25, 0.3) is 0 Å². The Morgan fingerprint density at radius 2 is 1.65 bits per heavy atom. The van der Waals surface area contributed by atoms with Crippen molar-refractivity contribution in [3.05, 3.63) is 42.6 Å². The Labute approximate surface area is 122 Å². The van der Waals surface area contributed by atoms with Gasteiger partial charge in [0, 0.05) is 6.20 Å². The van der Waals surface area contributed by atoms with Crippen molar-refractivity contribution in [3.63, 3.8) is 0 Å². The van der Waals surface area contributed by atoms with Gasteiger partial charge in [-0.15, -0.1) is 10.2 Å². The molecule has 1 heterocycles. The minimum absolute atomic E-state index is 0. The molecule has 0 radical (unpaired) electrons. The van der Waals surface area contributed by atoms with Gasteiger partial charge in [0.25, 0.3) is 0 Å². The summed E-state index contributed by atoms with van der Waals surface area (Å²) in [4.78, 5) is 3.93. The molecule has 0 spiro atoms. The second-order valence-corrected chi connectivity index (χ2v) is 3.03. The molecule has 0 fully saturated rings. The normalized spacial score (nSPS) is 10.1. The van der Waals surface area contributed by atoms with Gasteiger partial charge in [0.05, 0.1) is 0 Å². The zero-order valence-electron chi connectivity index (χ0n) is 10.3. The van der Waals surface area contributed by atoms with Crippen molar-refractivity contribution < 1.29 is 41.2 Å². The zero-order valence-corrected chi connectivity index (χ0v) is 11.3. The van der Waals surface area contributed by atoms with Gasteiger partial charge in [0.15, 0.2) is 11.5 Å². The van der Waals surface area contributed by atoms with Crippen LogP contribution >= 0.6 is 0 Å². The van der Waals surface area contributed by atoms with E-state index in [9.17, 15) is 10.2 Å². The Bertz CT molecular complexity index is 503. The van der Waals surface area contributed by atoms with E-state index in [1.54, 1.807) is 24.4 Å². The molecule has 0 saturated carbocycles. The molecule has 1 aromatic heterocycles. The Kier molecular flexibility index (Phi) is 5.09. The maximum Gasteiger partial charge on any atom is 1.00 e. The standard InChI is InChI=1S/C11H9N3O2.Na.H/c15-8-4-3-5-9(16)11(8)14-13-10-6-1-2-7-12-10;;/h1-7,15-16H;;/q;+1;-1. The third-order valence-corrected chi connectivity index (χ3v) is 1.90. The van der Waals surface area contributed by atoms with Crippen LogP contribution in [0.3, 0.4) is 0 Å². The molecule has 0 atom stereocenters. The first-order chi connectivity index (χ1) is 7.77. The maximum atomic E-state index is 9.44. The van der Waals surface area contributed by atoms with E-state index in [2.05, 4.69) is 15.2 Å². The Balaban J connectivity index is 0.00000144. The van der Waals surface area contributed by atoms with E-state index in [4.69, 9.17) is 0 Å². The van der Waals surface area contributed by atoms with Crippen molar-refractivity contribution in [3.8, 4) is 11.5 Å². The van der Waals surface area contributed by atoms with Crippen molar-refractivity contribution >= 4 is 11.5 Å². The van der Waals surface area contributed by atoms with Crippen LogP contribution in [-0.4, -0.2) is 15.2 Å².